The lowest BCUT2D eigenvalue weighted by Crippen LogP contribution is -2.36. The Morgan fingerprint density at radius 3 is 2.56 bits per heavy atom. The molecule has 4 aromatic rings. The van der Waals surface area contributed by atoms with E-state index in [0.717, 1.165) is 10.9 Å². The van der Waals surface area contributed by atoms with E-state index >= 15 is 0 Å². The van der Waals surface area contributed by atoms with Crippen LogP contribution in [-0.4, -0.2) is 104 Å². The number of aliphatic hydroxyl groups excluding tert-OH is 3. The summed E-state index contributed by atoms with van der Waals surface area (Å²) in [7, 11) is -8.41. The average molecular weight is 673 g/mol. The Labute approximate surface area is 251 Å². The number of rotatable bonds is 10. The van der Waals surface area contributed by atoms with E-state index in [2.05, 4.69) is 19.9 Å². The van der Waals surface area contributed by atoms with E-state index in [4.69, 9.17) is 34.5 Å². The van der Waals surface area contributed by atoms with Crippen molar-refractivity contribution in [3.8, 4) is 0 Å². The third kappa shape index (κ3) is 5.85. The highest BCUT2D eigenvalue weighted by molar-refractivity contribution is 7.47. The summed E-state index contributed by atoms with van der Waals surface area (Å²) in [5.41, 5.74) is 11.4. The Morgan fingerprint density at radius 1 is 1.07 bits per heavy atom. The first kappa shape index (κ1) is 31.5. The van der Waals surface area contributed by atoms with Gasteiger partial charge in [-0.25, -0.2) is 14.5 Å². The minimum Gasteiger partial charge on any atom is -0.398 e. The number of nitrogens with one attached hydrogen (secondary N) is 1. The van der Waals surface area contributed by atoms with Gasteiger partial charge in [-0.05, 0) is 12.1 Å². The molecule has 23 heteroatoms. The van der Waals surface area contributed by atoms with Crippen molar-refractivity contribution >= 4 is 49.9 Å². The number of aliphatic hydroxyl groups is 3. The average Bonchev–Trinajstić information content (AvgIpc) is 3.73. The standard InChI is InChI=1S/C22H26N8O13P2/c23-9-1-3-25-17-8(9)2-4-29(17)20-14(33)15(42-44(35)36)11(41-20)6-39-45(37,38)43-16-13(32)10(5-31)40-21(16)30-7-26-12-18(30)27-22(24)28-19(12)34/h1-4,7,10-11,13-16,20-21,31-33H,5-6H2,(H6-,23,24,25,27,28,34,35,36,37,38)/p+1/t10-,11-,13-,14-,15-,16-,20-,21-/m1/s1. The second-order valence-electron chi connectivity index (χ2n) is 10.1. The lowest BCUT2D eigenvalue weighted by molar-refractivity contribution is -0.0607. The fraction of sp³-hybridized carbons (Fsp3) is 0.455. The normalized spacial score (nSPS) is 30.3. The topological polar surface area (TPSA) is 315 Å². The minimum absolute atomic E-state index is 0.111. The fourth-order valence-electron chi connectivity index (χ4n) is 5.29. The van der Waals surface area contributed by atoms with Gasteiger partial charge in [0.15, 0.2) is 29.7 Å². The number of imidazole rings is 1. The molecular formula is C22H27N8O13P2+. The van der Waals surface area contributed by atoms with E-state index in [1.54, 1.807) is 12.1 Å². The second-order valence-corrected chi connectivity index (χ2v) is 12.2. The van der Waals surface area contributed by atoms with Crippen LogP contribution in [0, 0.1) is 0 Å². The number of phosphoric ester groups is 1. The van der Waals surface area contributed by atoms with Gasteiger partial charge in [-0.15, -0.1) is 9.42 Å². The van der Waals surface area contributed by atoms with E-state index in [1.807, 2.05) is 0 Å². The van der Waals surface area contributed by atoms with Crippen LogP contribution in [0.2, 0.25) is 0 Å². The molecular weight excluding hydrogens is 646 g/mol. The van der Waals surface area contributed by atoms with Crippen molar-refractivity contribution in [3.63, 3.8) is 0 Å². The molecule has 0 amide bonds. The highest BCUT2D eigenvalue weighted by Gasteiger charge is 2.53. The van der Waals surface area contributed by atoms with E-state index in [1.165, 1.54) is 17.0 Å². The first-order valence-electron chi connectivity index (χ1n) is 13.1. The number of H-pyrrole nitrogens is 1. The number of anilines is 2. The SMILES string of the molecule is Nc1nc2c(ncn2[C@@H]2O[C@H](CO)[C@@H](O)[C@H]2OP(=O)(O)OC[C@H]2O[C@@H](n3ccc4c(N)ccnc43)[C@H](O)[C@@H]2O[P+](=O)O)c(=O)[nH]1. The zero-order valence-electron chi connectivity index (χ0n) is 22.7. The molecule has 2 aliphatic heterocycles. The molecule has 45 heavy (non-hydrogen) atoms. The maximum Gasteiger partial charge on any atom is 0.695 e. The summed E-state index contributed by atoms with van der Waals surface area (Å²) < 4.78 is 54.1. The molecule has 4 aromatic heterocycles. The van der Waals surface area contributed by atoms with Crippen molar-refractivity contribution in [1.82, 2.24) is 29.1 Å². The number of phosphoric acid groups is 1. The van der Waals surface area contributed by atoms with Crippen molar-refractivity contribution < 1.29 is 57.3 Å². The Morgan fingerprint density at radius 2 is 1.82 bits per heavy atom. The van der Waals surface area contributed by atoms with E-state index in [-0.39, 0.29) is 17.1 Å². The highest BCUT2D eigenvalue weighted by Crippen LogP contribution is 2.50. The maximum atomic E-state index is 13.2. The molecule has 0 saturated carbocycles. The van der Waals surface area contributed by atoms with Crippen molar-refractivity contribution in [3.05, 3.63) is 41.2 Å². The Hall–Kier alpha value is -3.43. The van der Waals surface area contributed by atoms with Crippen molar-refractivity contribution in [2.24, 2.45) is 0 Å². The smallest absolute Gasteiger partial charge is 0.398 e. The van der Waals surface area contributed by atoms with E-state index < -0.39 is 83.9 Å². The van der Waals surface area contributed by atoms with Crippen LogP contribution >= 0.6 is 16.1 Å². The van der Waals surface area contributed by atoms with Gasteiger partial charge < -0.3 is 45.7 Å². The monoisotopic (exact) mass is 673 g/mol. The molecule has 0 radical (unpaired) electrons. The van der Waals surface area contributed by atoms with Gasteiger partial charge in [0.05, 0.1) is 19.5 Å². The van der Waals surface area contributed by atoms with Gasteiger partial charge in [0.2, 0.25) is 5.95 Å². The molecule has 0 aromatic carbocycles. The number of nitrogen functional groups attached to an aromatic ring is 2. The number of pyridine rings is 1. The number of nitrogens with zero attached hydrogens (tertiary/aromatic N) is 5. The Balaban J connectivity index is 1.22. The fourth-order valence-corrected chi connectivity index (χ4v) is 6.69. The van der Waals surface area contributed by atoms with Gasteiger partial charge in [-0.2, -0.15) is 4.98 Å². The molecule has 0 spiro atoms. The number of hydrogen-bond acceptors (Lipinski definition) is 16. The highest BCUT2D eigenvalue weighted by atomic mass is 31.2. The molecule has 10 atom stereocenters. The minimum atomic E-state index is -5.15. The molecule has 2 fully saturated rings. The quantitative estimate of drug-likeness (QED) is 0.0877. The van der Waals surface area contributed by atoms with Gasteiger partial charge >= 0.3 is 16.1 Å². The van der Waals surface area contributed by atoms with Gasteiger partial charge in [-0.3, -0.25) is 23.4 Å². The maximum absolute atomic E-state index is 13.2. The summed E-state index contributed by atoms with van der Waals surface area (Å²) in [4.78, 5) is 46.7. The first-order valence-corrected chi connectivity index (χ1v) is 15.7. The number of nitrogens with two attached hydrogens (primary N) is 2. The van der Waals surface area contributed by atoms with Crippen LogP contribution in [0.4, 0.5) is 11.6 Å². The van der Waals surface area contributed by atoms with Crippen molar-refractivity contribution in [2.45, 2.75) is 49.1 Å². The molecule has 0 bridgehead atoms. The summed E-state index contributed by atoms with van der Waals surface area (Å²) in [5.74, 6) is -0.272. The first-order chi connectivity index (χ1) is 21.4. The van der Waals surface area contributed by atoms with Crippen LogP contribution in [-0.2, 0) is 32.2 Å². The summed E-state index contributed by atoms with van der Waals surface area (Å²) in [5, 5.41) is 32.0. The van der Waals surface area contributed by atoms with Crippen molar-refractivity contribution in [2.75, 3.05) is 24.7 Å². The van der Waals surface area contributed by atoms with Crippen LogP contribution in [0.3, 0.4) is 0 Å². The van der Waals surface area contributed by atoms with Crippen molar-refractivity contribution in [1.29, 1.82) is 0 Å². The number of fused-ring (bicyclic) bond motifs is 2. The molecule has 2 aliphatic rings. The number of ether oxygens (including phenoxy) is 2. The molecule has 6 heterocycles. The summed E-state index contributed by atoms with van der Waals surface area (Å²) in [6, 6.07) is 3.18. The van der Waals surface area contributed by atoms with Gasteiger partial charge in [0, 0.05) is 28.0 Å². The molecule has 6 rings (SSSR count). The molecule has 10 N–H and O–H groups in total. The predicted molar refractivity (Wildman–Crippen MR) is 149 cm³/mol. The van der Waals surface area contributed by atoms with Crippen LogP contribution in [0.15, 0.2) is 35.6 Å². The number of hydrogen-bond donors (Lipinski definition) is 8. The van der Waals surface area contributed by atoms with E-state index in [0.29, 0.717) is 16.7 Å². The van der Waals surface area contributed by atoms with Crippen LogP contribution in [0.25, 0.3) is 22.2 Å². The summed E-state index contributed by atoms with van der Waals surface area (Å²) >= 11 is 0. The lowest BCUT2D eigenvalue weighted by Gasteiger charge is -2.24. The Bertz CT molecular complexity index is 1850. The molecule has 242 valence electrons. The number of aromatic amines is 1. The third-order valence-electron chi connectivity index (χ3n) is 7.32. The molecule has 2 saturated heterocycles. The summed E-state index contributed by atoms with van der Waals surface area (Å²) in [6.45, 7) is -1.54. The second kappa shape index (κ2) is 12.1. The van der Waals surface area contributed by atoms with Gasteiger partial charge in [-0.1, -0.05) is 0 Å². The molecule has 0 aliphatic carbocycles. The number of aromatic nitrogens is 6. The van der Waals surface area contributed by atoms with Crippen LogP contribution in [0.5, 0.6) is 0 Å². The Kier molecular flexibility index (Phi) is 8.46. The summed E-state index contributed by atoms with van der Waals surface area (Å²) in [6.07, 6.45) is -7.86. The van der Waals surface area contributed by atoms with Gasteiger partial charge in [0.1, 0.15) is 36.2 Å². The molecule has 2 unspecified atom stereocenters. The van der Waals surface area contributed by atoms with Crippen LogP contribution < -0.4 is 17.0 Å². The van der Waals surface area contributed by atoms with E-state index in [9.17, 15) is 39.0 Å². The van der Waals surface area contributed by atoms with Crippen LogP contribution in [0.1, 0.15) is 12.5 Å². The van der Waals surface area contributed by atoms with Gasteiger partial charge in [0.25, 0.3) is 5.56 Å². The predicted octanol–water partition coefficient (Wildman–Crippen LogP) is -1.62. The third-order valence-corrected chi connectivity index (χ3v) is 8.73. The molecule has 21 nitrogen and oxygen atoms in total. The zero-order chi connectivity index (χ0) is 32.2. The lowest BCUT2D eigenvalue weighted by atomic mass is 10.1. The largest absolute Gasteiger partial charge is 0.695 e. The zero-order valence-corrected chi connectivity index (χ0v) is 24.5.